The minimum Gasteiger partial charge on any atom is -0.322 e. The zero-order valence-electron chi connectivity index (χ0n) is 11.6. The predicted octanol–water partition coefficient (Wildman–Crippen LogP) is 4.46. The van der Waals surface area contributed by atoms with Crippen LogP contribution in [-0.2, 0) is 0 Å². The molecule has 0 N–H and O–H groups in total. The van der Waals surface area contributed by atoms with E-state index in [2.05, 4.69) is 35.7 Å². The fourth-order valence-corrected chi connectivity index (χ4v) is 2.33. The van der Waals surface area contributed by atoms with Gasteiger partial charge in [-0.1, -0.05) is 49.1 Å². The van der Waals surface area contributed by atoms with E-state index in [-0.39, 0.29) is 6.17 Å². The molecule has 0 aliphatic carbocycles. The van der Waals surface area contributed by atoms with Gasteiger partial charge in [-0.25, -0.2) is 0 Å². The van der Waals surface area contributed by atoms with Gasteiger partial charge in [-0.05, 0) is 31.3 Å². The summed E-state index contributed by atoms with van der Waals surface area (Å²) in [6.07, 6.45) is 1.90. The molecular formula is C17H19ClN2. The van der Waals surface area contributed by atoms with Crippen LogP contribution in [0.3, 0.4) is 0 Å². The van der Waals surface area contributed by atoms with Crippen LogP contribution in [0.5, 0.6) is 0 Å². The number of alkyl halides is 1. The third-order valence-electron chi connectivity index (χ3n) is 3.18. The second-order valence-corrected chi connectivity index (χ2v) is 4.81. The van der Waals surface area contributed by atoms with Crippen LogP contribution in [0.2, 0.25) is 0 Å². The van der Waals surface area contributed by atoms with Crippen LogP contribution in [0.25, 0.3) is 0 Å². The lowest BCUT2D eigenvalue weighted by molar-refractivity contribution is 0.331. The van der Waals surface area contributed by atoms with Gasteiger partial charge in [-0.3, -0.25) is 4.90 Å². The number of benzene rings is 2. The average molecular weight is 287 g/mol. The van der Waals surface area contributed by atoms with Crippen molar-refractivity contribution >= 4 is 23.0 Å². The van der Waals surface area contributed by atoms with Crippen molar-refractivity contribution in [2.75, 3.05) is 18.0 Å². The van der Waals surface area contributed by atoms with E-state index >= 15 is 0 Å². The molecule has 0 radical (unpaired) electrons. The average Bonchev–Trinajstić information content (AvgIpc) is 2.53. The number of nitrogens with zero attached hydrogens (tertiary/aromatic N) is 2. The molecule has 0 aromatic heterocycles. The molecule has 104 valence electrons. The lowest BCUT2D eigenvalue weighted by atomic mass is 10.2. The topological polar surface area (TPSA) is 6.48 Å². The number of likely N-dealkylation sites (N-methyl/N-ethyl adjacent to an activating group) is 1. The molecule has 0 fully saturated rings. The van der Waals surface area contributed by atoms with Gasteiger partial charge in [0, 0.05) is 11.4 Å². The molecule has 0 spiro atoms. The summed E-state index contributed by atoms with van der Waals surface area (Å²) in [6, 6.07) is 21.0. The maximum atomic E-state index is 6.00. The zero-order valence-corrected chi connectivity index (χ0v) is 12.4. The molecule has 2 aromatic carbocycles. The molecule has 0 saturated carbocycles. The Kier molecular flexibility index (Phi) is 5.22. The second-order valence-electron chi connectivity index (χ2n) is 4.57. The summed E-state index contributed by atoms with van der Waals surface area (Å²) in [6.45, 7) is 3.96. The summed E-state index contributed by atoms with van der Waals surface area (Å²) in [7, 11) is 1.98. The fraction of sp³-hybridized carbons (Fsp3) is 0.176. The van der Waals surface area contributed by atoms with Crippen LogP contribution in [0.1, 0.15) is 0 Å². The Bertz CT molecular complexity index is 488. The Morgan fingerprint density at radius 2 is 1.45 bits per heavy atom. The third kappa shape index (κ3) is 3.21. The van der Waals surface area contributed by atoms with Crippen LogP contribution in [0.15, 0.2) is 73.3 Å². The summed E-state index contributed by atoms with van der Waals surface area (Å²) < 4.78 is 0. The van der Waals surface area contributed by atoms with E-state index in [1.807, 2.05) is 54.4 Å². The Morgan fingerprint density at radius 1 is 1.00 bits per heavy atom. The smallest absolute Gasteiger partial charge is 0.106 e. The van der Waals surface area contributed by atoms with Crippen molar-refractivity contribution in [3.05, 3.63) is 73.3 Å². The van der Waals surface area contributed by atoms with E-state index in [4.69, 9.17) is 11.6 Å². The summed E-state index contributed by atoms with van der Waals surface area (Å²) in [5, 5.41) is 0. The van der Waals surface area contributed by atoms with E-state index in [9.17, 15) is 0 Å². The number of para-hydroxylation sites is 2. The van der Waals surface area contributed by atoms with Gasteiger partial charge < -0.3 is 4.90 Å². The summed E-state index contributed by atoms with van der Waals surface area (Å²) in [4.78, 5) is 4.25. The van der Waals surface area contributed by atoms with Crippen molar-refractivity contribution < 1.29 is 0 Å². The highest BCUT2D eigenvalue weighted by Gasteiger charge is 2.21. The molecule has 2 aromatic rings. The molecule has 1 unspecified atom stereocenters. The Morgan fingerprint density at radius 3 is 1.80 bits per heavy atom. The minimum atomic E-state index is -0.00250. The molecule has 0 aliphatic rings. The van der Waals surface area contributed by atoms with Gasteiger partial charge in [0.1, 0.15) is 6.17 Å². The maximum absolute atomic E-state index is 6.00. The number of anilines is 2. The van der Waals surface area contributed by atoms with Gasteiger partial charge in [0.15, 0.2) is 0 Å². The van der Waals surface area contributed by atoms with Crippen LogP contribution >= 0.6 is 11.6 Å². The first kappa shape index (κ1) is 14.6. The standard InChI is InChI=1S/C17H19ClN2/c1-3-17(19(2)14-18)20(15-10-6-4-7-11-15)16-12-8-5-9-13-16/h3-13,17H,1,14H2,2H3. The highest BCUT2D eigenvalue weighted by molar-refractivity contribution is 6.17. The van der Waals surface area contributed by atoms with E-state index in [1.54, 1.807) is 0 Å². The van der Waals surface area contributed by atoms with Crippen LogP contribution in [0.4, 0.5) is 11.4 Å². The minimum absolute atomic E-state index is 0.00250. The molecule has 0 saturated heterocycles. The highest BCUT2D eigenvalue weighted by atomic mass is 35.5. The summed E-state index contributed by atoms with van der Waals surface area (Å²) in [5.41, 5.74) is 2.22. The first-order valence-corrected chi connectivity index (χ1v) is 7.09. The third-order valence-corrected chi connectivity index (χ3v) is 3.56. The van der Waals surface area contributed by atoms with Crippen LogP contribution in [-0.4, -0.2) is 24.1 Å². The number of hydrogen-bond acceptors (Lipinski definition) is 2. The van der Waals surface area contributed by atoms with Crippen molar-refractivity contribution in [3.8, 4) is 0 Å². The van der Waals surface area contributed by atoms with Gasteiger partial charge in [0.05, 0.1) is 6.00 Å². The van der Waals surface area contributed by atoms with Crippen LogP contribution in [0, 0.1) is 0 Å². The molecule has 20 heavy (non-hydrogen) atoms. The van der Waals surface area contributed by atoms with Gasteiger partial charge in [0.2, 0.25) is 0 Å². The molecule has 0 heterocycles. The van der Waals surface area contributed by atoms with Gasteiger partial charge >= 0.3 is 0 Å². The lowest BCUT2D eigenvalue weighted by Gasteiger charge is -2.36. The number of hydrogen-bond donors (Lipinski definition) is 0. The summed E-state index contributed by atoms with van der Waals surface area (Å²) in [5.74, 6) is 0. The van der Waals surface area contributed by atoms with Crippen molar-refractivity contribution in [2.45, 2.75) is 6.17 Å². The Hall–Kier alpha value is -1.77. The Balaban J connectivity index is 2.47. The molecule has 2 rings (SSSR count). The van der Waals surface area contributed by atoms with Crippen LogP contribution < -0.4 is 4.90 Å². The van der Waals surface area contributed by atoms with Crippen molar-refractivity contribution in [2.24, 2.45) is 0 Å². The van der Waals surface area contributed by atoms with Crippen molar-refractivity contribution in [1.82, 2.24) is 4.90 Å². The SMILES string of the molecule is C=CC(N(C)CCl)N(c1ccccc1)c1ccccc1. The molecule has 3 heteroatoms. The molecule has 0 bridgehead atoms. The number of halogens is 1. The number of rotatable bonds is 6. The van der Waals surface area contributed by atoms with Gasteiger partial charge in [0.25, 0.3) is 0 Å². The largest absolute Gasteiger partial charge is 0.322 e. The normalized spacial score (nSPS) is 12.2. The van der Waals surface area contributed by atoms with Crippen molar-refractivity contribution in [1.29, 1.82) is 0 Å². The van der Waals surface area contributed by atoms with Gasteiger partial charge in [-0.15, -0.1) is 11.6 Å². The first-order chi connectivity index (χ1) is 9.77. The van der Waals surface area contributed by atoms with Crippen molar-refractivity contribution in [3.63, 3.8) is 0 Å². The maximum Gasteiger partial charge on any atom is 0.106 e. The fourth-order valence-electron chi connectivity index (χ4n) is 2.18. The summed E-state index contributed by atoms with van der Waals surface area (Å²) >= 11 is 6.00. The monoisotopic (exact) mass is 286 g/mol. The first-order valence-electron chi connectivity index (χ1n) is 6.56. The molecule has 0 aliphatic heterocycles. The Labute approximate surface area is 125 Å². The van der Waals surface area contributed by atoms with E-state index in [0.29, 0.717) is 6.00 Å². The van der Waals surface area contributed by atoms with Gasteiger partial charge in [-0.2, -0.15) is 0 Å². The van der Waals surface area contributed by atoms with E-state index in [1.165, 1.54) is 0 Å². The zero-order chi connectivity index (χ0) is 14.4. The lowest BCUT2D eigenvalue weighted by Crippen LogP contribution is -2.42. The van der Waals surface area contributed by atoms with E-state index < -0.39 is 0 Å². The quantitative estimate of drug-likeness (QED) is 0.335. The molecule has 1 atom stereocenters. The molecular weight excluding hydrogens is 268 g/mol. The predicted molar refractivity (Wildman–Crippen MR) is 87.5 cm³/mol. The second kappa shape index (κ2) is 7.13. The molecule has 2 nitrogen and oxygen atoms in total. The molecule has 0 amide bonds. The van der Waals surface area contributed by atoms with E-state index in [0.717, 1.165) is 11.4 Å². The highest BCUT2D eigenvalue weighted by Crippen LogP contribution is 2.29.